The molecule has 2 heteroatoms. The highest BCUT2D eigenvalue weighted by Crippen LogP contribution is 2.50. The van der Waals surface area contributed by atoms with Crippen LogP contribution in [0.25, 0.3) is 0 Å². The maximum Gasteiger partial charge on any atom is 0.0547 e. The van der Waals surface area contributed by atoms with Gasteiger partial charge in [-0.1, -0.05) is 0 Å². The Morgan fingerprint density at radius 1 is 1.25 bits per heavy atom. The molecule has 0 aromatic rings. The Morgan fingerprint density at radius 3 is 2.12 bits per heavy atom. The van der Waals surface area contributed by atoms with Gasteiger partial charge in [0.2, 0.25) is 0 Å². The standard InChI is InChI=1S/C6H11NO/c7-6-4-1-3(8)2-5(4)6/h3-6,8H,1-2,7H2. The largest absolute Gasteiger partial charge is 0.393 e. The fourth-order valence-electron chi connectivity index (χ4n) is 1.86. The first kappa shape index (κ1) is 4.77. The Balaban J connectivity index is 2.00. The highest BCUT2D eigenvalue weighted by Gasteiger charge is 2.53. The minimum Gasteiger partial charge on any atom is -0.393 e. The zero-order chi connectivity index (χ0) is 5.72. The van der Waals surface area contributed by atoms with Gasteiger partial charge in [-0.3, -0.25) is 0 Å². The molecule has 8 heavy (non-hydrogen) atoms. The molecule has 2 aliphatic rings. The number of rotatable bonds is 0. The van der Waals surface area contributed by atoms with E-state index in [4.69, 9.17) is 10.8 Å². The maximum absolute atomic E-state index is 8.99. The maximum atomic E-state index is 8.99. The molecule has 2 aliphatic carbocycles. The Bertz CT molecular complexity index is 103. The third kappa shape index (κ3) is 0.446. The summed E-state index contributed by atoms with van der Waals surface area (Å²) < 4.78 is 0. The van der Waals surface area contributed by atoms with E-state index in [0.717, 1.165) is 12.8 Å². The number of hydrogen-bond donors (Lipinski definition) is 2. The van der Waals surface area contributed by atoms with Gasteiger partial charge in [0.25, 0.3) is 0 Å². The summed E-state index contributed by atoms with van der Waals surface area (Å²) in [5.74, 6) is 1.37. The van der Waals surface area contributed by atoms with Crippen LogP contribution in [0.3, 0.4) is 0 Å². The van der Waals surface area contributed by atoms with Crippen LogP contribution in [0.1, 0.15) is 12.8 Å². The monoisotopic (exact) mass is 113 g/mol. The highest BCUT2D eigenvalue weighted by atomic mass is 16.3. The zero-order valence-electron chi connectivity index (χ0n) is 4.75. The van der Waals surface area contributed by atoms with E-state index in [1.807, 2.05) is 0 Å². The smallest absolute Gasteiger partial charge is 0.0547 e. The lowest BCUT2D eigenvalue weighted by Crippen LogP contribution is -2.13. The van der Waals surface area contributed by atoms with Crippen molar-refractivity contribution in [3.05, 3.63) is 0 Å². The quantitative estimate of drug-likeness (QED) is 0.453. The summed E-state index contributed by atoms with van der Waals surface area (Å²) in [6.07, 6.45) is 1.90. The summed E-state index contributed by atoms with van der Waals surface area (Å²) in [4.78, 5) is 0. The van der Waals surface area contributed by atoms with Gasteiger partial charge >= 0.3 is 0 Å². The van der Waals surface area contributed by atoms with Gasteiger partial charge in [0.1, 0.15) is 0 Å². The van der Waals surface area contributed by atoms with Crippen molar-refractivity contribution < 1.29 is 5.11 Å². The van der Waals surface area contributed by atoms with Crippen LogP contribution in [0.15, 0.2) is 0 Å². The Kier molecular flexibility index (Phi) is 0.746. The SMILES string of the molecule is NC1C2CC(O)CC12. The molecule has 2 nitrogen and oxygen atoms in total. The van der Waals surface area contributed by atoms with Crippen molar-refractivity contribution in [1.82, 2.24) is 0 Å². The van der Waals surface area contributed by atoms with Crippen LogP contribution in [-0.4, -0.2) is 17.3 Å². The molecule has 2 atom stereocenters. The minimum absolute atomic E-state index is 0.0233. The second-order valence-electron chi connectivity index (χ2n) is 3.03. The Morgan fingerprint density at radius 2 is 1.75 bits per heavy atom. The van der Waals surface area contributed by atoms with Gasteiger partial charge < -0.3 is 10.8 Å². The van der Waals surface area contributed by atoms with Crippen molar-refractivity contribution in [2.45, 2.75) is 25.0 Å². The average molecular weight is 113 g/mol. The normalized spacial score (nSPS) is 60.8. The fourth-order valence-corrected chi connectivity index (χ4v) is 1.86. The van der Waals surface area contributed by atoms with Gasteiger partial charge in [0.05, 0.1) is 6.10 Å². The molecule has 46 valence electrons. The van der Waals surface area contributed by atoms with E-state index in [9.17, 15) is 0 Å². The van der Waals surface area contributed by atoms with Crippen molar-refractivity contribution >= 4 is 0 Å². The fraction of sp³-hybridized carbons (Fsp3) is 1.00. The van der Waals surface area contributed by atoms with E-state index in [2.05, 4.69) is 0 Å². The first-order valence-corrected chi connectivity index (χ1v) is 3.22. The summed E-state index contributed by atoms with van der Waals surface area (Å²) >= 11 is 0. The lowest BCUT2D eigenvalue weighted by Gasteiger charge is -2.02. The van der Waals surface area contributed by atoms with E-state index in [1.54, 1.807) is 0 Å². The molecular weight excluding hydrogens is 102 g/mol. The van der Waals surface area contributed by atoms with Crippen LogP contribution >= 0.6 is 0 Å². The first-order valence-electron chi connectivity index (χ1n) is 3.22. The van der Waals surface area contributed by atoms with E-state index < -0.39 is 0 Å². The molecule has 2 saturated carbocycles. The molecule has 2 unspecified atom stereocenters. The lowest BCUT2D eigenvalue weighted by molar-refractivity contribution is 0.165. The molecule has 2 rings (SSSR count). The summed E-state index contributed by atoms with van der Waals surface area (Å²) in [6.45, 7) is 0. The highest BCUT2D eigenvalue weighted by molar-refractivity contribution is 5.07. The molecule has 0 aliphatic heterocycles. The molecule has 0 radical (unpaired) electrons. The van der Waals surface area contributed by atoms with Crippen molar-refractivity contribution in [3.63, 3.8) is 0 Å². The van der Waals surface area contributed by atoms with Gasteiger partial charge in [-0.05, 0) is 24.7 Å². The van der Waals surface area contributed by atoms with Crippen molar-refractivity contribution in [3.8, 4) is 0 Å². The molecular formula is C6H11NO. The van der Waals surface area contributed by atoms with E-state index in [-0.39, 0.29) is 6.10 Å². The minimum atomic E-state index is -0.0233. The molecule has 0 bridgehead atoms. The van der Waals surface area contributed by atoms with Crippen LogP contribution in [0.4, 0.5) is 0 Å². The topological polar surface area (TPSA) is 46.2 Å². The van der Waals surface area contributed by atoms with Crippen LogP contribution < -0.4 is 5.73 Å². The molecule has 0 saturated heterocycles. The summed E-state index contributed by atoms with van der Waals surface area (Å²) in [7, 11) is 0. The summed E-state index contributed by atoms with van der Waals surface area (Å²) in [6, 6.07) is 0.443. The number of aliphatic hydroxyl groups is 1. The second-order valence-corrected chi connectivity index (χ2v) is 3.03. The Labute approximate surface area is 48.7 Å². The molecule has 2 fully saturated rings. The van der Waals surface area contributed by atoms with E-state index in [0.29, 0.717) is 17.9 Å². The average Bonchev–Trinajstić information content (AvgIpc) is 2.29. The summed E-state index contributed by atoms with van der Waals surface area (Å²) in [5.41, 5.74) is 5.62. The lowest BCUT2D eigenvalue weighted by atomic mass is 10.2. The van der Waals surface area contributed by atoms with Gasteiger partial charge in [-0.15, -0.1) is 0 Å². The van der Waals surface area contributed by atoms with Crippen molar-refractivity contribution in [2.75, 3.05) is 0 Å². The molecule has 0 heterocycles. The third-order valence-electron chi connectivity index (χ3n) is 2.49. The van der Waals surface area contributed by atoms with Gasteiger partial charge in [0.15, 0.2) is 0 Å². The van der Waals surface area contributed by atoms with Crippen LogP contribution in [-0.2, 0) is 0 Å². The zero-order valence-corrected chi connectivity index (χ0v) is 4.75. The number of fused-ring (bicyclic) bond motifs is 1. The predicted molar refractivity (Wildman–Crippen MR) is 30.2 cm³/mol. The van der Waals surface area contributed by atoms with Crippen LogP contribution in [0, 0.1) is 11.8 Å². The molecule has 3 N–H and O–H groups in total. The third-order valence-corrected chi connectivity index (χ3v) is 2.49. The van der Waals surface area contributed by atoms with Crippen LogP contribution in [0.5, 0.6) is 0 Å². The van der Waals surface area contributed by atoms with Gasteiger partial charge in [-0.2, -0.15) is 0 Å². The second kappa shape index (κ2) is 1.25. The molecule has 0 aromatic carbocycles. The van der Waals surface area contributed by atoms with Gasteiger partial charge in [-0.25, -0.2) is 0 Å². The molecule has 0 spiro atoms. The van der Waals surface area contributed by atoms with E-state index in [1.165, 1.54) is 0 Å². The molecule has 0 aromatic heterocycles. The molecule has 0 amide bonds. The first-order chi connectivity index (χ1) is 3.79. The number of hydrogen-bond acceptors (Lipinski definition) is 2. The van der Waals surface area contributed by atoms with Crippen molar-refractivity contribution in [1.29, 1.82) is 0 Å². The Hall–Kier alpha value is -0.0800. The summed E-state index contributed by atoms with van der Waals surface area (Å²) in [5, 5.41) is 8.99. The van der Waals surface area contributed by atoms with Crippen molar-refractivity contribution in [2.24, 2.45) is 17.6 Å². The number of aliphatic hydroxyl groups excluding tert-OH is 1. The number of nitrogens with two attached hydrogens (primary N) is 1. The van der Waals surface area contributed by atoms with Crippen LogP contribution in [0.2, 0.25) is 0 Å². The predicted octanol–water partition coefficient (Wildman–Crippen LogP) is -0.286. The van der Waals surface area contributed by atoms with Gasteiger partial charge in [0, 0.05) is 6.04 Å². The van der Waals surface area contributed by atoms with E-state index >= 15 is 0 Å².